The summed E-state index contributed by atoms with van der Waals surface area (Å²) in [5, 5.41) is 8.84. The first-order valence-electron chi connectivity index (χ1n) is 7.36. The molecule has 0 atom stereocenters. The van der Waals surface area contributed by atoms with E-state index in [-0.39, 0.29) is 12.2 Å². The standard InChI is InChI=1S/C16H14BrFN4O2S/c17-11-4-3-10(12(18)8-11)9-25-16-21-20-15(13-2-1-7-24-13)22(16)6-5-14(19)23/h1-4,7-8H,5-6,9H2,(H2,19,23). The Morgan fingerprint density at radius 1 is 1.36 bits per heavy atom. The van der Waals surface area contributed by atoms with E-state index in [1.54, 1.807) is 28.8 Å². The molecule has 2 heterocycles. The molecule has 6 nitrogen and oxygen atoms in total. The summed E-state index contributed by atoms with van der Waals surface area (Å²) in [6.07, 6.45) is 1.68. The Hall–Kier alpha value is -2.13. The predicted molar refractivity (Wildman–Crippen MR) is 95.2 cm³/mol. The van der Waals surface area contributed by atoms with Crippen LogP contribution < -0.4 is 5.73 Å². The van der Waals surface area contributed by atoms with Gasteiger partial charge >= 0.3 is 0 Å². The lowest BCUT2D eigenvalue weighted by Gasteiger charge is -2.08. The van der Waals surface area contributed by atoms with Crippen molar-refractivity contribution in [3.8, 4) is 11.6 Å². The van der Waals surface area contributed by atoms with Crippen molar-refractivity contribution in [1.29, 1.82) is 0 Å². The van der Waals surface area contributed by atoms with Gasteiger partial charge < -0.3 is 10.2 Å². The van der Waals surface area contributed by atoms with Gasteiger partial charge in [-0.1, -0.05) is 33.8 Å². The fraction of sp³-hybridized carbons (Fsp3) is 0.188. The van der Waals surface area contributed by atoms with E-state index >= 15 is 0 Å². The van der Waals surface area contributed by atoms with Crippen molar-refractivity contribution in [3.05, 3.63) is 52.4 Å². The number of carbonyl (C=O) groups is 1. The van der Waals surface area contributed by atoms with E-state index < -0.39 is 5.91 Å². The molecule has 130 valence electrons. The number of rotatable bonds is 7. The SMILES string of the molecule is NC(=O)CCn1c(SCc2ccc(Br)cc2F)nnc1-c1ccco1. The smallest absolute Gasteiger partial charge is 0.219 e. The molecule has 9 heteroatoms. The molecule has 3 rings (SSSR count). The summed E-state index contributed by atoms with van der Waals surface area (Å²) in [7, 11) is 0. The van der Waals surface area contributed by atoms with Crippen LogP contribution in [0.25, 0.3) is 11.6 Å². The van der Waals surface area contributed by atoms with Crippen molar-refractivity contribution < 1.29 is 13.6 Å². The van der Waals surface area contributed by atoms with Gasteiger partial charge in [-0.25, -0.2) is 4.39 Å². The highest BCUT2D eigenvalue weighted by Gasteiger charge is 2.17. The summed E-state index contributed by atoms with van der Waals surface area (Å²) in [6.45, 7) is 0.323. The summed E-state index contributed by atoms with van der Waals surface area (Å²) in [6, 6.07) is 8.41. The number of thioether (sulfide) groups is 1. The Balaban J connectivity index is 1.83. The second-order valence-corrected chi connectivity index (χ2v) is 7.03. The van der Waals surface area contributed by atoms with E-state index in [9.17, 15) is 9.18 Å². The minimum atomic E-state index is -0.422. The molecule has 0 bridgehead atoms. The molecule has 2 aromatic heterocycles. The van der Waals surface area contributed by atoms with Gasteiger partial charge in [0.2, 0.25) is 5.91 Å². The van der Waals surface area contributed by atoms with Gasteiger partial charge in [0.05, 0.1) is 6.26 Å². The van der Waals surface area contributed by atoms with Gasteiger partial charge in [-0.05, 0) is 29.8 Å². The second-order valence-electron chi connectivity index (χ2n) is 5.18. The molecule has 0 fully saturated rings. The minimum Gasteiger partial charge on any atom is -0.461 e. The van der Waals surface area contributed by atoms with Crippen LogP contribution in [0.3, 0.4) is 0 Å². The Kier molecular flexibility index (Phi) is 5.54. The van der Waals surface area contributed by atoms with Gasteiger partial charge in [-0.15, -0.1) is 10.2 Å². The first kappa shape index (κ1) is 17.7. The maximum atomic E-state index is 14.0. The van der Waals surface area contributed by atoms with Crippen molar-refractivity contribution in [2.45, 2.75) is 23.9 Å². The Morgan fingerprint density at radius 2 is 2.20 bits per heavy atom. The quantitative estimate of drug-likeness (QED) is 0.585. The fourth-order valence-electron chi connectivity index (χ4n) is 2.19. The monoisotopic (exact) mass is 424 g/mol. The number of furan rings is 1. The van der Waals surface area contributed by atoms with E-state index in [2.05, 4.69) is 26.1 Å². The Labute approximate surface area is 155 Å². The molecule has 1 amide bonds. The van der Waals surface area contributed by atoms with Crippen molar-refractivity contribution in [3.63, 3.8) is 0 Å². The molecule has 0 radical (unpaired) electrons. The van der Waals surface area contributed by atoms with Gasteiger partial charge in [-0.2, -0.15) is 0 Å². The molecule has 25 heavy (non-hydrogen) atoms. The van der Waals surface area contributed by atoms with Crippen molar-refractivity contribution in [2.24, 2.45) is 5.73 Å². The molecule has 0 saturated carbocycles. The minimum absolute atomic E-state index is 0.145. The van der Waals surface area contributed by atoms with Crippen LogP contribution in [0.1, 0.15) is 12.0 Å². The van der Waals surface area contributed by atoms with Crippen molar-refractivity contribution in [2.75, 3.05) is 0 Å². The number of amides is 1. The molecule has 0 spiro atoms. The fourth-order valence-corrected chi connectivity index (χ4v) is 3.47. The zero-order valence-electron chi connectivity index (χ0n) is 13.0. The highest BCUT2D eigenvalue weighted by atomic mass is 79.9. The molecule has 3 aromatic rings. The van der Waals surface area contributed by atoms with E-state index in [0.717, 1.165) is 0 Å². The number of hydrogen-bond donors (Lipinski definition) is 1. The summed E-state index contributed by atoms with van der Waals surface area (Å²) >= 11 is 4.57. The number of nitrogens with zero attached hydrogens (tertiary/aromatic N) is 3. The van der Waals surface area contributed by atoms with E-state index in [4.69, 9.17) is 10.2 Å². The van der Waals surface area contributed by atoms with Crippen LogP contribution in [0.5, 0.6) is 0 Å². The van der Waals surface area contributed by atoms with E-state index in [1.165, 1.54) is 24.1 Å². The zero-order chi connectivity index (χ0) is 17.8. The van der Waals surface area contributed by atoms with Crippen LogP contribution in [0, 0.1) is 5.82 Å². The lowest BCUT2D eigenvalue weighted by atomic mass is 10.2. The first-order chi connectivity index (χ1) is 12.0. The summed E-state index contributed by atoms with van der Waals surface area (Å²) in [5.41, 5.74) is 5.80. The topological polar surface area (TPSA) is 86.9 Å². The third-order valence-electron chi connectivity index (χ3n) is 3.41. The largest absolute Gasteiger partial charge is 0.461 e. The Morgan fingerprint density at radius 3 is 2.88 bits per heavy atom. The molecule has 1 aromatic carbocycles. The molecular formula is C16H14BrFN4O2S. The summed E-state index contributed by atoms with van der Waals surface area (Å²) < 4.78 is 21.8. The number of aromatic nitrogens is 3. The number of hydrogen-bond acceptors (Lipinski definition) is 5. The van der Waals surface area contributed by atoms with Crippen LogP contribution >= 0.6 is 27.7 Å². The van der Waals surface area contributed by atoms with E-state index in [1.807, 2.05) is 0 Å². The number of benzene rings is 1. The molecule has 0 aliphatic carbocycles. The van der Waals surface area contributed by atoms with Gasteiger partial charge in [0, 0.05) is 23.2 Å². The molecule has 0 saturated heterocycles. The molecule has 0 aliphatic rings. The molecule has 2 N–H and O–H groups in total. The summed E-state index contributed by atoms with van der Waals surface area (Å²) in [5.74, 6) is 0.709. The predicted octanol–water partition coefficient (Wildman–Crippen LogP) is 3.61. The Bertz CT molecular complexity index is 882. The van der Waals surface area contributed by atoms with Crippen LogP contribution in [0.4, 0.5) is 4.39 Å². The average molecular weight is 425 g/mol. The van der Waals surface area contributed by atoms with E-state index in [0.29, 0.717) is 39.1 Å². The zero-order valence-corrected chi connectivity index (χ0v) is 15.4. The third-order valence-corrected chi connectivity index (χ3v) is 4.92. The first-order valence-corrected chi connectivity index (χ1v) is 9.14. The normalized spacial score (nSPS) is 11.0. The maximum absolute atomic E-state index is 14.0. The van der Waals surface area contributed by atoms with Crippen molar-refractivity contribution >= 4 is 33.6 Å². The van der Waals surface area contributed by atoms with Crippen LogP contribution in [0.2, 0.25) is 0 Å². The number of nitrogens with two attached hydrogens (primary N) is 1. The van der Waals surface area contributed by atoms with Crippen LogP contribution in [-0.4, -0.2) is 20.7 Å². The van der Waals surface area contributed by atoms with Gasteiger partial charge in [-0.3, -0.25) is 9.36 Å². The summed E-state index contributed by atoms with van der Waals surface area (Å²) in [4.78, 5) is 11.1. The number of halogens is 2. The lowest BCUT2D eigenvalue weighted by Crippen LogP contribution is -2.15. The average Bonchev–Trinajstić information content (AvgIpc) is 3.21. The highest BCUT2D eigenvalue weighted by molar-refractivity contribution is 9.10. The van der Waals surface area contributed by atoms with Gasteiger partial charge in [0.1, 0.15) is 5.82 Å². The number of primary amides is 1. The van der Waals surface area contributed by atoms with Gasteiger partial charge in [0.25, 0.3) is 0 Å². The van der Waals surface area contributed by atoms with Gasteiger partial charge in [0.15, 0.2) is 16.7 Å². The molecule has 0 unspecified atom stereocenters. The second kappa shape index (κ2) is 7.83. The lowest BCUT2D eigenvalue weighted by molar-refractivity contribution is -0.118. The highest BCUT2D eigenvalue weighted by Crippen LogP contribution is 2.28. The maximum Gasteiger partial charge on any atom is 0.219 e. The third kappa shape index (κ3) is 4.29. The number of carbonyl (C=O) groups excluding carboxylic acids is 1. The molecule has 0 aliphatic heterocycles. The molecular weight excluding hydrogens is 411 g/mol. The van der Waals surface area contributed by atoms with Crippen molar-refractivity contribution in [1.82, 2.24) is 14.8 Å². The van der Waals surface area contributed by atoms with Crippen LogP contribution in [0.15, 0.2) is 50.6 Å². The van der Waals surface area contributed by atoms with Crippen LogP contribution in [-0.2, 0) is 17.1 Å².